The van der Waals surface area contributed by atoms with E-state index in [0.29, 0.717) is 25.5 Å². The third-order valence-corrected chi connectivity index (χ3v) is 5.96. The van der Waals surface area contributed by atoms with E-state index in [1.54, 1.807) is 0 Å². The lowest BCUT2D eigenvalue weighted by molar-refractivity contribution is 0.262. The molecule has 6 nitrogen and oxygen atoms in total. The lowest BCUT2D eigenvalue weighted by Gasteiger charge is -2.27. The number of fused-ring (bicyclic) bond motifs is 1. The molecule has 0 aromatic heterocycles. The molecule has 1 aromatic carbocycles. The van der Waals surface area contributed by atoms with Crippen molar-refractivity contribution in [2.75, 3.05) is 24.7 Å². The predicted octanol–water partition coefficient (Wildman–Crippen LogP) is 1.47. The Morgan fingerprint density at radius 2 is 2.13 bits per heavy atom. The first-order valence-electron chi connectivity index (χ1n) is 7.52. The van der Waals surface area contributed by atoms with Crippen molar-refractivity contribution >= 4 is 39.8 Å². The van der Waals surface area contributed by atoms with Gasteiger partial charge in [0.25, 0.3) is 0 Å². The zero-order chi connectivity index (χ0) is 15.6. The fraction of sp³-hybridized carbons (Fsp3) is 0.533. The van der Waals surface area contributed by atoms with E-state index in [-0.39, 0.29) is 47.4 Å². The Hall–Kier alpha value is -1.03. The molecule has 1 aromatic rings. The first-order chi connectivity index (χ1) is 10.5. The van der Waals surface area contributed by atoms with Crippen LogP contribution in [0.2, 0.25) is 0 Å². The summed E-state index contributed by atoms with van der Waals surface area (Å²) in [6, 6.07) is 7.96. The van der Waals surface area contributed by atoms with Crippen LogP contribution < -0.4 is 15.8 Å². The Bertz CT molecular complexity index is 678. The van der Waals surface area contributed by atoms with Crippen LogP contribution in [0.5, 0.6) is 5.75 Å². The van der Waals surface area contributed by atoms with Crippen molar-refractivity contribution in [3.8, 4) is 5.75 Å². The molecule has 0 spiro atoms. The maximum absolute atomic E-state index is 11.4. The lowest BCUT2D eigenvalue weighted by atomic mass is 10.0. The fourth-order valence-corrected chi connectivity index (χ4v) is 4.81. The predicted molar refractivity (Wildman–Crippen MR) is 101 cm³/mol. The molecule has 128 valence electrons. The van der Waals surface area contributed by atoms with Gasteiger partial charge in [0, 0.05) is 18.5 Å². The molecule has 2 atom stereocenters. The van der Waals surface area contributed by atoms with Crippen LogP contribution in [-0.2, 0) is 9.84 Å². The molecule has 2 unspecified atom stereocenters. The van der Waals surface area contributed by atoms with E-state index < -0.39 is 9.84 Å². The number of benzene rings is 1. The van der Waals surface area contributed by atoms with Crippen molar-refractivity contribution in [2.45, 2.75) is 18.9 Å². The van der Waals surface area contributed by atoms with E-state index >= 15 is 0 Å². The van der Waals surface area contributed by atoms with Crippen molar-refractivity contribution in [1.29, 1.82) is 0 Å². The van der Waals surface area contributed by atoms with Crippen LogP contribution in [0.15, 0.2) is 29.3 Å². The summed E-state index contributed by atoms with van der Waals surface area (Å²) in [6.45, 7) is 1.10. The van der Waals surface area contributed by atoms with Gasteiger partial charge in [-0.25, -0.2) is 8.42 Å². The molecule has 1 fully saturated rings. The Labute approximate surface area is 153 Å². The van der Waals surface area contributed by atoms with Gasteiger partial charge in [0.1, 0.15) is 5.75 Å². The van der Waals surface area contributed by atoms with Gasteiger partial charge in [0.15, 0.2) is 15.8 Å². The summed E-state index contributed by atoms with van der Waals surface area (Å²) in [5.41, 5.74) is 7.04. The zero-order valence-corrected chi connectivity index (χ0v) is 15.9. The average Bonchev–Trinajstić information content (AvgIpc) is 2.85. The summed E-state index contributed by atoms with van der Waals surface area (Å²) in [5, 5.41) is 3.22. The van der Waals surface area contributed by atoms with Gasteiger partial charge in [-0.1, -0.05) is 18.2 Å². The number of ether oxygens (including phenoxy) is 1. The molecule has 0 radical (unpaired) electrons. The minimum absolute atomic E-state index is 0. The average molecular weight is 451 g/mol. The number of hydrogen-bond donors (Lipinski definition) is 2. The Kier molecular flexibility index (Phi) is 6.12. The number of para-hydroxylation sites is 1. The quantitative estimate of drug-likeness (QED) is 0.413. The van der Waals surface area contributed by atoms with Crippen LogP contribution in [0.4, 0.5) is 0 Å². The third kappa shape index (κ3) is 4.72. The topological polar surface area (TPSA) is 93.8 Å². The highest BCUT2D eigenvalue weighted by Crippen LogP contribution is 2.31. The van der Waals surface area contributed by atoms with Crippen molar-refractivity contribution in [1.82, 2.24) is 5.32 Å². The SMILES string of the molecule is I.NC(=NCC1CCS(=O)(=O)C1)NC1CCOc2ccccc21. The smallest absolute Gasteiger partial charge is 0.189 e. The Morgan fingerprint density at radius 3 is 2.87 bits per heavy atom. The number of sulfone groups is 1. The van der Waals surface area contributed by atoms with Crippen LogP contribution >= 0.6 is 24.0 Å². The molecule has 0 amide bonds. The van der Waals surface area contributed by atoms with Gasteiger partial charge in [0.05, 0.1) is 24.2 Å². The standard InChI is InChI=1S/C15H21N3O3S.HI/c16-15(17-9-11-6-8-22(19,20)10-11)18-13-5-7-21-14-4-2-1-3-12(13)14;/h1-4,11,13H,5-10H2,(H3,16,17,18);1H. The second-order valence-corrected chi connectivity index (χ2v) is 8.10. The molecule has 0 aliphatic carbocycles. The van der Waals surface area contributed by atoms with Crippen LogP contribution in [-0.4, -0.2) is 39.0 Å². The summed E-state index contributed by atoms with van der Waals surface area (Å²) >= 11 is 0. The van der Waals surface area contributed by atoms with Crippen molar-refractivity contribution in [2.24, 2.45) is 16.6 Å². The van der Waals surface area contributed by atoms with E-state index in [1.165, 1.54) is 0 Å². The minimum atomic E-state index is -2.86. The van der Waals surface area contributed by atoms with Crippen molar-refractivity contribution in [3.63, 3.8) is 0 Å². The van der Waals surface area contributed by atoms with Gasteiger partial charge in [0.2, 0.25) is 0 Å². The molecule has 2 heterocycles. The number of aliphatic imine (C=N–C) groups is 1. The maximum atomic E-state index is 11.4. The lowest BCUT2D eigenvalue weighted by Crippen LogP contribution is -2.37. The number of halogens is 1. The Balaban J connectivity index is 0.00000192. The van der Waals surface area contributed by atoms with Gasteiger partial charge in [-0.15, -0.1) is 24.0 Å². The number of nitrogens with one attached hydrogen (secondary N) is 1. The molecule has 0 bridgehead atoms. The minimum Gasteiger partial charge on any atom is -0.493 e. The monoisotopic (exact) mass is 451 g/mol. The zero-order valence-electron chi connectivity index (χ0n) is 12.8. The number of nitrogens with zero attached hydrogens (tertiary/aromatic N) is 1. The second kappa shape index (κ2) is 7.69. The Morgan fingerprint density at radius 1 is 1.35 bits per heavy atom. The number of guanidine groups is 1. The highest BCUT2D eigenvalue weighted by Gasteiger charge is 2.27. The number of hydrogen-bond acceptors (Lipinski definition) is 4. The van der Waals surface area contributed by atoms with Crippen LogP contribution in [0.3, 0.4) is 0 Å². The van der Waals surface area contributed by atoms with Gasteiger partial charge in [-0.05, 0) is 18.4 Å². The molecule has 3 N–H and O–H groups in total. The summed E-state index contributed by atoms with van der Waals surface area (Å²) < 4.78 is 28.5. The molecule has 0 saturated carbocycles. The van der Waals surface area contributed by atoms with E-state index in [9.17, 15) is 8.42 Å². The second-order valence-electron chi connectivity index (χ2n) is 5.87. The summed E-state index contributed by atoms with van der Waals surface area (Å²) in [5.74, 6) is 1.83. The van der Waals surface area contributed by atoms with Gasteiger partial charge < -0.3 is 15.8 Å². The molecule has 2 aliphatic heterocycles. The molecule has 23 heavy (non-hydrogen) atoms. The number of rotatable bonds is 3. The third-order valence-electron chi connectivity index (χ3n) is 4.13. The summed E-state index contributed by atoms with van der Waals surface area (Å²) in [6.07, 6.45) is 1.50. The molecule has 1 saturated heterocycles. The van der Waals surface area contributed by atoms with Gasteiger partial charge in [-0.2, -0.15) is 0 Å². The van der Waals surface area contributed by atoms with Gasteiger partial charge in [-0.3, -0.25) is 4.99 Å². The molecular formula is C15H22IN3O3S. The normalized spacial score (nSPS) is 25.8. The summed E-state index contributed by atoms with van der Waals surface area (Å²) in [7, 11) is -2.86. The van der Waals surface area contributed by atoms with Crippen LogP contribution in [0.25, 0.3) is 0 Å². The molecule has 2 aliphatic rings. The van der Waals surface area contributed by atoms with Crippen LogP contribution in [0.1, 0.15) is 24.4 Å². The van der Waals surface area contributed by atoms with Crippen molar-refractivity contribution < 1.29 is 13.2 Å². The largest absolute Gasteiger partial charge is 0.493 e. The van der Waals surface area contributed by atoms with E-state index in [0.717, 1.165) is 17.7 Å². The molecule has 3 rings (SSSR count). The highest BCUT2D eigenvalue weighted by molar-refractivity contribution is 14.0. The first-order valence-corrected chi connectivity index (χ1v) is 9.34. The molecule has 8 heteroatoms. The number of nitrogens with two attached hydrogens (primary N) is 1. The first kappa shape index (κ1) is 18.3. The van der Waals surface area contributed by atoms with E-state index in [1.807, 2.05) is 24.3 Å². The molecular weight excluding hydrogens is 429 g/mol. The van der Waals surface area contributed by atoms with E-state index in [2.05, 4.69) is 10.3 Å². The van der Waals surface area contributed by atoms with Gasteiger partial charge >= 0.3 is 0 Å². The highest BCUT2D eigenvalue weighted by atomic mass is 127. The summed E-state index contributed by atoms with van der Waals surface area (Å²) in [4.78, 5) is 4.32. The van der Waals surface area contributed by atoms with Crippen LogP contribution in [0, 0.1) is 5.92 Å². The van der Waals surface area contributed by atoms with E-state index in [4.69, 9.17) is 10.5 Å². The maximum Gasteiger partial charge on any atom is 0.189 e. The fourth-order valence-electron chi connectivity index (χ4n) is 2.96. The van der Waals surface area contributed by atoms with Crippen molar-refractivity contribution in [3.05, 3.63) is 29.8 Å².